The van der Waals surface area contributed by atoms with E-state index in [9.17, 15) is 4.79 Å². The monoisotopic (exact) mass is 172 g/mol. The van der Waals surface area contributed by atoms with E-state index in [0.717, 1.165) is 5.69 Å². The van der Waals surface area contributed by atoms with E-state index in [4.69, 9.17) is 5.26 Å². The largest absolute Gasteiger partial charge is 0.301 e. The van der Waals surface area contributed by atoms with E-state index in [1.165, 1.54) is 6.21 Å². The molecule has 0 aliphatic carbocycles. The van der Waals surface area contributed by atoms with Gasteiger partial charge in [0.05, 0.1) is 11.8 Å². The molecular formula is C10H8N2O. The number of nitriles is 1. The maximum absolute atomic E-state index is 10.2. The number of para-hydroxylation sites is 1. The second-order valence-electron chi connectivity index (χ2n) is 2.40. The van der Waals surface area contributed by atoms with E-state index in [0.29, 0.717) is 6.29 Å². The SMILES string of the molecule is N#CC(C=O)C=Nc1ccccc1. The minimum absolute atomic E-state index is 0.562. The summed E-state index contributed by atoms with van der Waals surface area (Å²) in [7, 11) is 0. The molecule has 0 aliphatic heterocycles. The molecule has 1 unspecified atom stereocenters. The quantitative estimate of drug-likeness (QED) is 0.515. The van der Waals surface area contributed by atoms with Crippen molar-refractivity contribution in [3.8, 4) is 6.07 Å². The van der Waals surface area contributed by atoms with Crippen molar-refractivity contribution in [3.05, 3.63) is 30.3 Å². The van der Waals surface area contributed by atoms with Crippen LogP contribution in [0.25, 0.3) is 0 Å². The van der Waals surface area contributed by atoms with Gasteiger partial charge < -0.3 is 4.79 Å². The van der Waals surface area contributed by atoms with Crippen LogP contribution in [0.1, 0.15) is 0 Å². The van der Waals surface area contributed by atoms with Crippen LogP contribution in [-0.4, -0.2) is 12.5 Å². The van der Waals surface area contributed by atoms with Crippen LogP contribution in [0.3, 0.4) is 0 Å². The highest BCUT2D eigenvalue weighted by atomic mass is 16.1. The standard InChI is InChI=1S/C10H8N2O/c11-6-9(8-13)7-12-10-4-2-1-3-5-10/h1-5,7-9H. The normalized spacial score (nSPS) is 12.2. The number of carbonyl (C=O) groups excluding carboxylic acids is 1. The lowest BCUT2D eigenvalue weighted by Gasteiger charge is -1.91. The predicted octanol–water partition coefficient (Wildman–Crippen LogP) is 1.73. The summed E-state index contributed by atoms with van der Waals surface area (Å²) in [6.07, 6.45) is 1.90. The molecule has 0 aromatic heterocycles. The van der Waals surface area contributed by atoms with E-state index < -0.39 is 5.92 Å². The molecular weight excluding hydrogens is 164 g/mol. The van der Waals surface area contributed by atoms with Gasteiger partial charge in [0.25, 0.3) is 0 Å². The smallest absolute Gasteiger partial charge is 0.142 e. The predicted molar refractivity (Wildman–Crippen MR) is 49.8 cm³/mol. The van der Waals surface area contributed by atoms with Gasteiger partial charge in [0.15, 0.2) is 0 Å². The summed E-state index contributed by atoms with van der Waals surface area (Å²) in [6, 6.07) is 11.0. The Morgan fingerprint density at radius 3 is 2.62 bits per heavy atom. The topological polar surface area (TPSA) is 53.2 Å². The van der Waals surface area contributed by atoms with Crippen LogP contribution < -0.4 is 0 Å². The molecule has 0 amide bonds. The summed E-state index contributed by atoms with van der Waals surface area (Å²) in [4.78, 5) is 14.2. The molecule has 0 saturated carbocycles. The zero-order chi connectivity index (χ0) is 9.52. The summed E-state index contributed by atoms with van der Waals surface area (Å²) in [5, 5.41) is 8.43. The molecule has 3 heteroatoms. The Bertz CT molecular complexity index is 338. The Morgan fingerprint density at radius 1 is 1.38 bits per heavy atom. The minimum Gasteiger partial charge on any atom is -0.301 e. The van der Waals surface area contributed by atoms with Crippen LogP contribution in [0.5, 0.6) is 0 Å². The molecule has 0 heterocycles. The van der Waals surface area contributed by atoms with Crippen molar-refractivity contribution in [2.24, 2.45) is 10.9 Å². The zero-order valence-electron chi connectivity index (χ0n) is 6.92. The lowest BCUT2D eigenvalue weighted by atomic mass is 10.2. The number of carbonyl (C=O) groups is 1. The van der Waals surface area contributed by atoms with Crippen molar-refractivity contribution in [1.29, 1.82) is 5.26 Å². The van der Waals surface area contributed by atoms with Gasteiger partial charge in [-0.05, 0) is 12.1 Å². The van der Waals surface area contributed by atoms with Gasteiger partial charge in [-0.1, -0.05) is 18.2 Å². The van der Waals surface area contributed by atoms with Crippen molar-refractivity contribution in [2.75, 3.05) is 0 Å². The number of benzene rings is 1. The number of aliphatic imine (C=N–C) groups is 1. The van der Waals surface area contributed by atoms with Gasteiger partial charge in [-0.15, -0.1) is 0 Å². The molecule has 0 spiro atoms. The first kappa shape index (κ1) is 9.14. The number of hydrogen-bond donors (Lipinski definition) is 0. The molecule has 1 rings (SSSR count). The molecule has 13 heavy (non-hydrogen) atoms. The Kier molecular flexibility index (Phi) is 3.40. The molecule has 1 aromatic rings. The zero-order valence-corrected chi connectivity index (χ0v) is 6.92. The van der Waals surface area contributed by atoms with Crippen molar-refractivity contribution < 1.29 is 4.79 Å². The molecule has 0 aliphatic rings. The lowest BCUT2D eigenvalue weighted by molar-refractivity contribution is -0.108. The van der Waals surface area contributed by atoms with Crippen molar-refractivity contribution in [1.82, 2.24) is 0 Å². The average Bonchev–Trinajstić information content (AvgIpc) is 2.21. The van der Waals surface area contributed by atoms with Crippen LogP contribution in [0.2, 0.25) is 0 Å². The van der Waals surface area contributed by atoms with Gasteiger partial charge in [0.1, 0.15) is 12.2 Å². The van der Waals surface area contributed by atoms with E-state index in [2.05, 4.69) is 4.99 Å². The molecule has 1 atom stereocenters. The summed E-state index contributed by atoms with van der Waals surface area (Å²) < 4.78 is 0. The van der Waals surface area contributed by atoms with Crippen LogP contribution in [0.4, 0.5) is 5.69 Å². The van der Waals surface area contributed by atoms with E-state index in [1.54, 1.807) is 18.2 Å². The first-order valence-corrected chi connectivity index (χ1v) is 3.81. The van der Waals surface area contributed by atoms with Crippen LogP contribution in [0, 0.1) is 17.2 Å². The van der Waals surface area contributed by atoms with Crippen molar-refractivity contribution in [3.63, 3.8) is 0 Å². The van der Waals surface area contributed by atoms with Crippen molar-refractivity contribution >= 4 is 18.2 Å². The Balaban J connectivity index is 2.69. The third-order valence-corrected chi connectivity index (χ3v) is 1.44. The molecule has 3 nitrogen and oxygen atoms in total. The Labute approximate surface area is 76.3 Å². The summed E-state index contributed by atoms with van der Waals surface area (Å²) in [5.74, 6) is -0.750. The molecule has 0 N–H and O–H groups in total. The van der Waals surface area contributed by atoms with E-state index >= 15 is 0 Å². The maximum Gasteiger partial charge on any atom is 0.142 e. The second kappa shape index (κ2) is 4.83. The molecule has 64 valence electrons. The highest BCUT2D eigenvalue weighted by molar-refractivity contribution is 5.85. The van der Waals surface area contributed by atoms with Gasteiger partial charge in [-0.3, -0.25) is 4.99 Å². The summed E-state index contributed by atoms with van der Waals surface area (Å²) in [6.45, 7) is 0. The third-order valence-electron chi connectivity index (χ3n) is 1.44. The summed E-state index contributed by atoms with van der Waals surface area (Å²) in [5.41, 5.74) is 0.740. The van der Waals surface area contributed by atoms with Crippen molar-refractivity contribution in [2.45, 2.75) is 0 Å². The highest BCUT2D eigenvalue weighted by Gasteiger charge is 1.98. The van der Waals surface area contributed by atoms with Gasteiger partial charge >= 0.3 is 0 Å². The number of rotatable bonds is 3. The molecule has 1 aromatic carbocycles. The Hall–Kier alpha value is -1.95. The molecule has 0 bridgehead atoms. The number of hydrogen-bond acceptors (Lipinski definition) is 3. The third kappa shape index (κ3) is 2.88. The highest BCUT2D eigenvalue weighted by Crippen LogP contribution is 2.08. The number of aldehydes is 1. The molecule has 0 radical (unpaired) electrons. The maximum atomic E-state index is 10.2. The average molecular weight is 172 g/mol. The minimum atomic E-state index is -0.750. The first-order valence-electron chi connectivity index (χ1n) is 3.81. The van der Waals surface area contributed by atoms with Gasteiger partial charge in [0, 0.05) is 6.21 Å². The Morgan fingerprint density at radius 2 is 2.08 bits per heavy atom. The van der Waals surface area contributed by atoms with Crippen LogP contribution in [0.15, 0.2) is 35.3 Å². The molecule has 0 fully saturated rings. The number of nitrogens with zero attached hydrogens (tertiary/aromatic N) is 2. The fourth-order valence-electron chi connectivity index (χ4n) is 0.779. The van der Waals surface area contributed by atoms with Gasteiger partial charge in [-0.25, -0.2) is 0 Å². The van der Waals surface area contributed by atoms with Gasteiger partial charge in [0.2, 0.25) is 0 Å². The van der Waals surface area contributed by atoms with Crippen LogP contribution in [-0.2, 0) is 4.79 Å². The fraction of sp³-hybridized carbons (Fsp3) is 0.100. The molecule has 0 saturated heterocycles. The summed E-state index contributed by atoms with van der Waals surface area (Å²) >= 11 is 0. The lowest BCUT2D eigenvalue weighted by Crippen LogP contribution is -1.98. The second-order valence-corrected chi connectivity index (χ2v) is 2.40. The van der Waals surface area contributed by atoms with Crippen LogP contribution >= 0.6 is 0 Å². The van der Waals surface area contributed by atoms with Gasteiger partial charge in [-0.2, -0.15) is 5.26 Å². The fourth-order valence-corrected chi connectivity index (χ4v) is 0.779. The van der Waals surface area contributed by atoms with E-state index in [1.807, 2.05) is 18.2 Å². The van der Waals surface area contributed by atoms with E-state index in [-0.39, 0.29) is 0 Å². The first-order chi connectivity index (χ1) is 6.36.